The van der Waals surface area contributed by atoms with Gasteiger partial charge in [-0.25, -0.2) is 13.2 Å². The first-order chi connectivity index (χ1) is 10.5. The van der Waals surface area contributed by atoms with Crippen LogP contribution in [0.15, 0.2) is 12.1 Å². The fraction of sp³-hybridized carbons (Fsp3) is 0.562. The molecule has 0 aliphatic carbocycles. The molecular formula is C16H23F3N2O. The molecule has 0 radical (unpaired) electrons. The molecule has 1 N–H and O–H groups in total. The summed E-state index contributed by atoms with van der Waals surface area (Å²) in [6.07, 6.45) is 2.73. The third-order valence-corrected chi connectivity index (χ3v) is 3.61. The van der Waals surface area contributed by atoms with Crippen LogP contribution in [0.5, 0.6) is 0 Å². The summed E-state index contributed by atoms with van der Waals surface area (Å²) < 4.78 is 39.3. The van der Waals surface area contributed by atoms with Crippen molar-refractivity contribution >= 4 is 5.91 Å². The Labute approximate surface area is 129 Å². The summed E-state index contributed by atoms with van der Waals surface area (Å²) in [5.74, 6) is -5.09. The van der Waals surface area contributed by atoms with Crippen molar-refractivity contribution in [3.05, 3.63) is 35.1 Å². The summed E-state index contributed by atoms with van der Waals surface area (Å²) in [6, 6.07) is 1.70. The Kier molecular flexibility index (Phi) is 7.95. The lowest BCUT2D eigenvalue weighted by atomic mass is 10.1. The Bertz CT molecular complexity index is 491. The van der Waals surface area contributed by atoms with Gasteiger partial charge in [0.15, 0.2) is 17.5 Å². The number of rotatable bonds is 9. The molecule has 0 saturated carbocycles. The molecule has 0 aliphatic heterocycles. The highest BCUT2D eigenvalue weighted by molar-refractivity contribution is 5.94. The number of amides is 1. The Hall–Kier alpha value is -1.56. The number of nitrogens with zero attached hydrogens (tertiary/aromatic N) is 1. The fourth-order valence-corrected chi connectivity index (χ4v) is 2.18. The van der Waals surface area contributed by atoms with Gasteiger partial charge in [0.1, 0.15) is 0 Å². The minimum Gasteiger partial charge on any atom is -0.352 e. The molecule has 0 fully saturated rings. The van der Waals surface area contributed by atoms with Crippen LogP contribution in [0, 0.1) is 17.5 Å². The van der Waals surface area contributed by atoms with E-state index in [1.54, 1.807) is 0 Å². The molecule has 1 aromatic rings. The molecule has 6 heteroatoms. The molecule has 0 spiro atoms. The van der Waals surface area contributed by atoms with Crippen LogP contribution in [0.1, 0.15) is 43.5 Å². The number of nitrogens with one attached hydrogen (secondary N) is 1. The predicted octanol–water partition coefficient (Wildman–Crippen LogP) is 3.35. The molecule has 3 nitrogen and oxygen atoms in total. The fourth-order valence-electron chi connectivity index (χ4n) is 2.18. The third kappa shape index (κ3) is 5.33. The topological polar surface area (TPSA) is 32.3 Å². The van der Waals surface area contributed by atoms with Gasteiger partial charge < -0.3 is 10.2 Å². The summed E-state index contributed by atoms with van der Waals surface area (Å²) in [5, 5.41) is 2.52. The highest BCUT2D eigenvalue weighted by Crippen LogP contribution is 2.15. The maximum absolute atomic E-state index is 13.4. The molecule has 0 atom stereocenters. The second kappa shape index (κ2) is 9.46. The first kappa shape index (κ1) is 18.5. The van der Waals surface area contributed by atoms with Gasteiger partial charge in [-0.05, 0) is 44.6 Å². The van der Waals surface area contributed by atoms with E-state index in [2.05, 4.69) is 24.1 Å². The number of benzene rings is 1. The molecule has 0 unspecified atom stereocenters. The Balaban J connectivity index is 2.31. The van der Waals surface area contributed by atoms with Gasteiger partial charge in [-0.1, -0.05) is 20.3 Å². The third-order valence-electron chi connectivity index (χ3n) is 3.61. The zero-order valence-corrected chi connectivity index (χ0v) is 13.1. The molecule has 0 aliphatic rings. The summed E-state index contributed by atoms with van der Waals surface area (Å²) >= 11 is 0. The van der Waals surface area contributed by atoms with Crippen molar-refractivity contribution in [3.8, 4) is 0 Å². The van der Waals surface area contributed by atoms with E-state index in [9.17, 15) is 18.0 Å². The molecule has 0 aromatic heterocycles. The molecule has 0 heterocycles. The molecule has 124 valence electrons. The Morgan fingerprint density at radius 1 is 1.05 bits per heavy atom. The summed E-state index contributed by atoms with van der Waals surface area (Å²) in [6.45, 7) is 7.65. The van der Waals surface area contributed by atoms with E-state index in [1.807, 2.05) is 0 Å². The number of unbranched alkanes of at least 4 members (excludes halogenated alkanes) is 2. The Morgan fingerprint density at radius 3 is 2.36 bits per heavy atom. The zero-order valence-electron chi connectivity index (χ0n) is 13.1. The highest BCUT2D eigenvalue weighted by atomic mass is 19.2. The molecule has 22 heavy (non-hydrogen) atoms. The Morgan fingerprint density at radius 2 is 1.73 bits per heavy atom. The number of halogens is 3. The lowest BCUT2D eigenvalue weighted by Gasteiger charge is -2.17. The van der Waals surface area contributed by atoms with E-state index in [1.165, 1.54) is 0 Å². The maximum atomic E-state index is 13.4. The van der Waals surface area contributed by atoms with E-state index in [-0.39, 0.29) is 0 Å². The second-order valence-electron chi connectivity index (χ2n) is 5.07. The molecule has 1 aromatic carbocycles. The van der Waals surface area contributed by atoms with Crippen LogP contribution >= 0.6 is 0 Å². The van der Waals surface area contributed by atoms with Crippen molar-refractivity contribution in [1.29, 1.82) is 0 Å². The standard InChI is InChI=1S/C16H23F3N2O/c1-3-21(4-2)11-7-5-6-10-20-16(22)12-8-9-13(17)15(19)14(12)18/h8-9H,3-7,10-11H2,1-2H3,(H,20,22). The van der Waals surface area contributed by atoms with Crippen LogP contribution in [0.2, 0.25) is 0 Å². The smallest absolute Gasteiger partial charge is 0.254 e. The highest BCUT2D eigenvalue weighted by Gasteiger charge is 2.18. The van der Waals surface area contributed by atoms with Gasteiger partial charge in [0.2, 0.25) is 0 Å². The van der Waals surface area contributed by atoms with Gasteiger partial charge in [-0.3, -0.25) is 4.79 Å². The monoisotopic (exact) mass is 316 g/mol. The minimum atomic E-state index is -1.62. The van der Waals surface area contributed by atoms with Gasteiger partial charge in [0.05, 0.1) is 5.56 Å². The van der Waals surface area contributed by atoms with Crippen LogP contribution in [0.3, 0.4) is 0 Å². The van der Waals surface area contributed by atoms with Gasteiger partial charge in [0, 0.05) is 6.54 Å². The SMILES string of the molecule is CCN(CC)CCCCCNC(=O)c1ccc(F)c(F)c1F. The van der Waals surface area contributed by atoms with Crippen molar-refractivity contribution in [2.75, 3.05) is 26.2 Å². The largest absolute Gasteiger partial charge is 0.352 e. The molecule has 1 amide bonds. The molecule has 1 rings (SSSR count). The average Bonchev–Trinajstić information content (AvgIpc) is 2.52. The van der Waals surface area contributed by atoms with E-state index in [0.717, 1.165) is 51.0 Å². The summed E-state index contributed by atoms with van der Waals surface area (Å²) in [7, 11) is 0. The van der Waals surface area contributed by atoms with Crippen LogP contribution in [-0.2, 0) is 0 Å². The summed E-state index contributed by atoms with van der Waals surface area (Å²) in [5.41, 5.74) is -0.470. The maximum Gasteiger partial charge on any atom is 0.254 e. The van der Waals surface area contributed by atoms with Crippen LogP contribution in [0.4, 0.5) is 13.2 Å². The first-order valence-electron chi connectivity index (χ1n) is 7.65. The lowest BCUT2D eigenvalue weighted by molar-refractivity contribution is 0.0947. The van der Waals surface area contributed by atoms with Crippen molar-refractivity contribution in [2.45, 2.75) is 33.1 Å². The zero-order chi connectivity index (χ0) is 16.5. The number of hydrogen-bond donors (Lipinski definition) is 1. The minimum absolute atomic E-state index is 0.384. The molecule has 0 saturated heterocycles. The normalized spacial score (nSPS) is 11.0. The van der Waals surface area contributed by atoms with Gasteiger partial charge >= 0.3 is 0 Å². The predicted molar refractivity (Wildman–Crippen MR) is 80.3 cm³/mol. The average molecular weight is 316 g/mol. The lowest BCUT2D eigenvalue weighted by Crippen LogP contribution is -2.26. The van der Waals surface area contributed by atoms with E-state index in [4.69, 9.17) is 0 Å². The van der Waals surface area contributed by atoms with Crippen molar-refractivity contribution in [2.24, 2.45) is 0 Å². The van der Waals surface area contributed by atoms with E-state index in [0.29, 0.717) is 6.54 Å². The number of hydrogen-bond acceptors (Lipinski definition) is 2. The van der Waals surface area contributed by atoms with Crippen molar-refractivity contribution < 1.29 is 18.0 Å². The van der Waals surface area contributed by atoms with E-state index >= 15 is 0 Å². The van der Waals surface area contributed by atoms with Crippen LogP contribution < -0.4 is 5.32 Å². The molecular weight excluding hydrogens is 293 g/mol. The van der Waals surface area contributed by atoms with E-state index < -0.39 is 28.9 Å². The molecule has 0 bridgehead atoms. The van der Waals surface area contributed by atoms with Crippen LogP contribution in [0.25, 0.3) is 0 Å². The van der Waals surface area contributed by atoms with Crippen LogP contribution in [-0.4, -0.2) is 37.0 Å². The van der Waals surface area contributed by atoms with Gasteiger partial charge in [-0.15, -0.1) is 0 Å². The van der Waals surface area contributed by atoms with Crippen molar-refractivity contribution in [1.82, 2.24) is 10.2 Å². The number of carbonyl (C=O) groups is 1. The summed E-state index contributed by atoms with van der Waals surface area (Å²) in [4.78, 5) is 14.0. The van der Waals surface area contributed by atoms with Gasteiger partial charge in [-0.2, -0.15) is 0 Å². The quantitative estimate of drug-likeness (QED) is 0.560. The second-order valence-corrected chi connectivity index (χ2v) is 5.07. The first-order valence-corrected chi connectivity index (χ1v) is 7.65. The number of carbonyl (C=O) groups excluding carboxylic acids is 1. The van der Waals surface area contributed by atoms with Crippen molar-refractivity contribution in [3.63, 3.8) is 0 Å². The van der Waals surface area contributed by atoms with Gasteiger partial charge in [0.25, 0.3) is 5.91 Å².